The van der Waals surface area contributed by atoms with E-state index in [0.717, 1.165) is 16.9 Å². The van der Waals surface area contributed by atoms with E-state index < -0.39 is 0 Å². The lowest BCUT2D eigenvalue weighted by atomic mass is 10.2. The summed E-state index contributed by atoms with van der Waals surface area (Å²) in [5.74, 6) is -0.115. The first-order valence-electron chi connectivity index (χ1n) is 7.15. The van der Waals surface area contributed by atoms with Gasteiger partial charge in [-0.3, -0.25) is 14.2 Å². The lowest BCUT2D eigenvalue weighted by Crippen LogP contribution is -2.20. The second kappa shape index (κ2) is 6.66. The second-order valence-corrected chi connectivity index (χ2v) is 5.67. The highest BCUT2D eigenvalue weighted by atomic mass is 35.5. The topological polar surface area (TPSA) is 64.7 Å². The summed E-state index contributed by atoms with van der Waals surface area (Å²) in [4.78, 5) is 12.1. The molecule has 0 saturated carbocycles. The van der Waals surface area contributed by atoms with Gasteiger partial charge in [0.2, 0.25) is 5.91 Å². The first-order valence-corrected chi connectivity index (χ1v) is 7.53. The standard InChI is InChI=1S/C16H16ClN5O/c1-12-5-6-18-22(12)11-16(23)20-15-4-2-3-13(7-15)9-21-10-14(17)8-19-21/h2-8,10H,9,11H2,1H3,(H,20,23). The van der Waals surface area contributed by atoms with E-state index in [-0.39, 0.29) is 12.5 Å². The Labute approximate surface area is 138 Å². The Hall–Kier alpha value is -2.60. The van der Waals surface area contributed by atoms with Crippen molar-refractivity contribution in [1.29, 1.82) is 0 Å². The van der Waals surface area contributed by atoms with E-state index in [1.54, 1.807) is 28.0 Å². The number of nitrogens with zero attached hydrogens (tertiary/aromatic N) is 4. The summed E-state index contributed by atoms with van der Waals surface area (Å²) in [6, 6.07) is 9.51. The molecule has 23 heavy (non-hydrogen) atoms. The smallest absolute Gasteiger partial charge is 0.246 e. The van der Waals surface area contributed by atoms with Crippen LogP contribution in [0.15, 0.2) is 48.9 Å². The number of benzene rings is 1. The minimum absolute atomic E-state index is 0.115. The number of nitrogens with one attached hydrogen (secondary N) is 1. The highest BCUT2D eigenvalue weighted by Crippen LogP contribution is 2.13. The number of carbonyl (C=O) groups excluding carboxylic acids is 1. The van der Waals surface area contributed by atoms with Crippen molar-refractivity contribution >= 4 is 23.2 Å². The van der Waals surface area contributed by atoms with Crippen molar-refractivity contribution < 1.29 is 4.79 Å². The molecule has 0 radical (unpaired) electrons. The molecule has 1 N–H and O–H groups in total. The van der Waals surface area contributed by atoms with Crippen molar-refractivity contribution in [1.82, 2.24) is 19.6 Å². The number of anilines is 1. The molecule has 2 heterocycles. The van der Waals surface area contributed by atoms with Gasteiger partial charge in [-0.25, -0.2) is 0 Å². The molecule has 1 aromatic carbocycles. The third kappa shape index (κ3) is 3.98. The number of rotatable bonds is 5. The molecule has 0 aliphatic rings. The van der Waals surface area contributed by atoms with E-state index in [0.29, 0.717) is 11.6 Å². The summed E-state index contributed by atoms with van der Waals surface area (Å²) in [7, 11) is 0. The molecule has 3 rings (SSSR count). The molecule has 0 spiro atoms. The fourth-order valence-corrected chi connectivity index (χ4v) is 2.42. The summed E-state index contributed by atoms with van der Waals surface area (Å²) in [6.07, 6.45) is 5.03. The maximum Gasteiger partial charge on any atom is 0.246 e. The van der Waals surface area contributed by atoms with Gasteiger partial charge >= 0.3 is 0 Å². The minimum atomic E-state index is -0.115. The van der Waals surface area contributed by atoms with Gasteiger partial charge < -0.3 is 5.32 Å². The van der Waals surface area contributed by atoms with Gasteiger partial charge in [0, 0.05) is 23.8 Å². The Kier molecular flexibility index (Phi) is 4.43. The zero-order valence-electron chi connectivity index (χ0n) is 12.6. The molecule has 2 aromatic heterocycles. The van der Waals surface area contributed by atoms with E-state index in [1.165, 1.54) is 0 Å². The number of hydrogen-bond acceptors (Lipinski definition) is 3. The molecule has 0 aliphatic carbocycles. The molecule has 0 bridgehead atoms. The molecule has 7 heteroatoms. The molecule has 0 fully saturated rings. The number of amides is 1. The fourth-order valence-electron chi connectivity index (χ4n) is 2.26. The van der Waals surface area contributed by atoms with Crippen molar-refractivity contribution in [3.63, 3.8) is 0 Å². The van der Waals surface area contributed by atoms with Crippen molar-refractivity contribution in [3.8, 4) is 0 Å². The number of carbonyl (C=O) groups is 1. The van der Waals surface area contributed by atoms with Crippen LogP contribution < -0.4 is 5.32 Å². The minimum Gasteiger partial charge on any atom is -0.324 e. The lowest BCUT2D eigenvalue weighted by Gasteiger charge is -2.09. The lowest BCUT2D eigenvalue weighted by molar-refractivity contribution is -0.116. The molecule has 0 atom stereocenters. The predicted molar refractivity (Wildman–Crippen MR) is 88.4 cm³/mol. The molecule has 0 unspecified atom stereocenters. The number of aryl methyl sites for hydroxylation is 1. The van der Waals surface area contributed by atoms with Crippen LogP contribution in [0.5, 0.6) is 0 Å². The van der Waals surface area contributed by atoms with Gasteiger partial charge in [-0.15, -0.1) is 0 Å². The molecular formula is C16H16ClN5O. The predicted octanol–water partition coefficient (Wildman–Crippen LogP) is 2.73. The van der Waals surface area contributed by atoms with Crippen LogP contribution in [0.4, 0.5) is 5.69 Å². The molecule has 0 saturated heterocycles. The first kappa shape index (κ1) is 15.3. The first-order chi connectivity index (χ1) is 11.1. The Morgan fingerprint density at radius 3 is 2.87 bits per heavy atom. The third-order valence-electron chi connectivity index (χ3n) is 3.38. The van der Waals surface area contributed by atoms with E-state index in [1.807, 2.05) is 37.3 Å². The van der Waals surface area contributed by atoms with Gasteiger partial charge in [0.25, 0.3) is 0 Å². The second-order valence-electron chi connectivity index (χ2n) is 5.23. The van der Waals surface area contributed by atoms with Crippen LogP contribution in [0.1, 0.15) is 11.3 Å². The SMILES string of the molecule is Cc1ccnn1CC(=O)Nc1cccc(Cn2cc(Cl)cn2)c1. The number of halogens is 1. The molecule has 0 aliphatic heterocycles. The zero-order chi connectivity index (χ0) is 16.2. The van der Waals surface area contributed by atoms with E-state index in [2.05, 4.69) is 15.5 Å². The molecular weight excluding hydrogens is 314 g/mol. The van der Waals surface area contributed by atoms with Crippen LogP contribution in [0, 0.1) is 6.92 Å². The molecule has 3 aromatic rings. The van der Waals surface area contributed by atoms with Crippen molar-refractivity contribution in [2.45, 2.75) is 20.0 Å². The van der Waals surface area contributed by atoms with E-state index in [9.17, 15) is 4.79 Å². The average molecular weight is 330 g/mol. The van der Waals surface area contributed by atoms with Crippen LogP contribution >= 0.6 is 11.6 Å². The summed E-state index contributed by atoms with van der Waals surface area (Å²) < 4.78 is 3.40. The largest absolute Gasteiger partial charge is 0.324 e. The highest BCUT2D eigenvalue weighted by Gasteiger charge is 2.07. The third-order valence-corrected chi connectivity index (χ3v) is 3.57. The van der Waals surface area contributed by atoms with Gasteiger partial charge in [-0.1, -0.05) is 23.7 Å². The maximum absolute atomic E-state index is 12.1. The van der Waals surface area contributed by atoms with Gasteiger partial charge in [0.15, 0.2) is 0 Å². The Morgan fingerprint density at radius 1 is 1.30 bits per heavy atom. The molecule has 1 amide bonds. The van der Waals surface area contributed by atoms with Crippen LogP contribution in [-0.4, -0.2) is 25.5 Å². The highest BCUT2D eigenvalue weighted by molar-refractivity contribution is 6.30. The van der Waals surface area contributed by atoms with Gasteiger partial charge in [-0.2, -0.15) is 10.2 Å². The average Bonchev–Trinajstić information content (AvgIpc) is 3.08. The Bertz CT molecular complexity index is 823. The van der Waals surface area contributed by atoms with Crippen LogP contribution in [0.2, 0.25) is 5.02 Å². The van der Waals surface area contributed by atoms with Gasteiger partial charge in [0.05, 0.1) is 17.8 Å². The summed E-state index contributed by atoms with van der Waals surface area (Å²) in [5, 5.41) is 11.7. The van der Waals surface area contributed by atoms with Gasteiger partial charge in [0.1, 0.15) is 6.54 Å². The maximum atomic E-state index is 12.1. The monoisotopic (exact) mass is 329 g/mol. The number of aromatic nitrogens is 4. The Balaban J connectivity index is 1.65. The fraction of sp³-hybridized carbons (Fsp3) is 0.188. The summed E-state index contributed by atoms with van der Waals surface area (Å²) >= 11 is 5.86. The van der Waals surface area contributed by atoms with Crippen LogP contribution in [0.3, 0.4) is 0 Å². The van der Waals surface area contributed by atoms with Crippen molar-refractivity contribution in [3.05, 3.63) is 65.2 Å². The summed E-state index contributed by atoms with van der Waals surface area (Å²) in [6.45, 7) is 2.70. The normalized spacial score (nSPS) is 10.7. The number of hydrogen-bond donors (Lipinski definition) is 1. The van der Waals surface area contributed by atoms with Gasteiger partial charge in [-0.05, 0) is 30.7 Å². The zero-order valence-corrected chi connectivity index (χ0v) is 13.4. The Morgan fingerprint density at radius 2 is 2.17 bits per heavy atom. The van der Waals surface area contributed by atoms with Crippen molar-refractivity contribution in [2.75, 3.05) is 5.32 Å². The van der Waals surface area contributed by atoms with Crippen LogP contribution in [-0.2, 0) is 17.9 Å². The van der Waals surface area contributed by atoms with E-state index >= 15 is 0 Å². The van der Waals surface area contributed by atoms with Crippen molar-refractivity contribution in [2.24, 2.45) is 0 Å². The summed E-state index contributed by atoms with van der Waals surface area (Å²) in [5.41, 5.74) is 2.72. The quantitative estimate of drug-likeness (QED) is 0.782. The molecule has 6 nitrogen and oxygen atoms in total. The van der Waals surface area contributed by atoms with Crippen LogP contribution in [0.25, 0.3) is 0 Å². The molecule has 118 valence electrons. The van der Waals surface area contributed by atoms with E-state index in [4.69, 9.17) is 11.6 Å².